The fourth-order valence-corrected chi connectivity index (χ4v) is 3.75. The average Bonchev–Trinajstić information content (AvgIpc) is 3.06. The highest BCUT2D eigenvalue weighted by Gasteiger charge is 2.20. The smallest absolute Gasteiger partial charge is 0.0762 e. The minimum atomic E-state index is 0.193. The minimum Gasteiger partial charge on any atom is -0.305 e. The van der Waals surface area contributed by atoms with Crippen molar-refractivity contribution in [1.82, 2.24) is 15.1 Å². The van der Waals surface area contributed by atoms with Crippen LogP contribution < -0.4 is 5.32 Å². The molecule has 0 bridgehead atoms. The van der Waals surface area contributed by atoms with E-state index in [-0.39, 0.29) is 6.04 Å². The van der Waals surface area contributed by atoms with Gasteiger partial charge in [0.15, 0.2) is 0 Å². The van der Waals surface area contributed by atoms with E-state index < -0.39 is 0 Å². The first-order chi connectivity index (χ1) is 10.2. The molecule has 1 aromatic carbocycles. The molecule has 1 atom stereocenters. The standard InChI is InChI=1S/C17H21N3S/c1-4-9-18-16(15-11-12(2)19-20(15)3)14-7-5-6-13-8-10-21-17(13)14/h5-8,10-11,16,18H,4,9H2,1-3H3. The SMILES string of the molecule is CCCNC(c1cccc2ccsc12)c1cc(C)nn1C. The van der Waals surface area contributed by atoms with Crippen LogP contribution in [-0.4, -0.2) is 16.3 Å². The largest absolute Gasteiger partial charge is 0.305 e. The molecule has 0 saturated heterocycles. The molecule has 2 aromatic heterocycles. The summed E-state index contributed by atoms with van der Waals surface area (Å²) in [5, 5.41) is 11.7. The zero-order valence-electron chi connectivity index (χ0n) is 12.8. The summed E-state index contributed by atoms with van der Waals surface area (Å²) in [7, 11) is 2.03. The van der Waals surface area contributed by atoms with Crippen molar-refractivity contribution in [3.05, 3.63) is 52.7 Å². The molecule has 0 fully saturated rings. The van der Waals surface area contributed by atoms with Crippen LogP contribution in [0.4, 0.5) is 0 Å². The van der Waals surface area contributed by atoms with Gasteiger partial charge in [-0.05, 0) is 48.4 Å². The second-order valence-electron chi connectivity index (χ2n) is 5.41. The summed E-state index contributed by atoms with van der Waals surface area (Å²) >= 11 is 1.81. The molecule has 0 aliphatic carbocycles. The van der Waals surface area contributed by atoms with E-state index in [0.29, 0.717) is 0 Å². The molecule has 4 heteroatoms. The lowest BCUT2D eigenvalue weighted by Gasteiger charge is -2.20. The molecule has 0 saturated carbocycles. The van der Waals surface area contributed by atoms with E-state index in [1.165, 1.54) is 21.3 Å². The number of aromatic nitrogens is 2. The quantitative estimate of drug-likeness (QED) is 0.771. The van der Waals surface area contributed by atoms with E-state index in [9.17, 15) is 0 Å². The Morgan fingerprint density at radius 2 is 2.19 bits per heavy atom. The Hall–Kier alpha value is -1.65. The lowest BCUT2D eigenvalue weighted by molar-refractivity contribution is 0.556. The first-order valence-electron chi connectivity index (χ1n) is 7.40. The molecule has 0 spiro atoms. The van der Waals surface area contributed by atoms with Crippen LogP contribution in [0.25, 0.3) is 10.1 Å². The zero-order valence-corrected chi connectivity index (χ0v) is 13.6. The van der Waals surface area contributed by atoms with Crippen LogP contribution in [0.15, 0.2) is 35.7 Å². The van der Waals surface area contributed by atoms with E-state index in [4.69, 9.17) is 0 Å². The topological polar surface area (TPSA) is 29.9 Å². The maximum absolute atomic E-state index is 4.51. The number of hydrogen-bond donors (Lipinski definition) is 1. The molecule has 3 nitrogen and oxygen atoms in total. The van der Waals surface area contributed by atoms with Gasteiger partial charge in [-0.15, -0.1) is 11.3 Å². The van der Waals surface area contributed by atoms with Crippen molar-refractivity contribution >= 4 is 21.4 Å². The molecule has 21 heavy (non-hydrogen) atoms. The summed E-state index contributed by atoms with van der Waals surface area (Å²) in [5.41, 5.74) is 3.63. The Kier molecular flexibility index (Phi) is 4.08. The summed E-state index contributed by atoms with van der Waals surface area (Å²) in [4.78, 5) is 0. The molecule has 3 aromatic rings. The minimum absolute atomic E-state index is 0.193. The molecular weight excluding hydrogens is 278 g/mol. The Morgan fingerprint density at radius 3 is 2.90 bits per heavy atom. The number of nitrogens with zero attached hydrogens (tertiary/aromatic N) is 2. The van der Waals surface area contributed by atoms with Crippen molar-refractivity contribution in [1.29, 1.82) is 0 Å². The van der Waals surface area contributed by atoms with Crippen molar-refractivity contribution in [3.8, 4) is 0 Å². The van der Waals surface area contributed by atoms with Crippen molar-refractivity contribution in [2.24, 2.45) is 7.05 Å². The second kappa shape index (κ2) is 6.00. The van der Waals surface area contributed by atoms with Crippen LogP contribution in [0, 0.1) is 6.92 Å². The lowest BCUT2D eigenvalue weighted by Crippen LogP contribution is -2.25. The monoisotopic (exact) mass is 299 g/mol. The third-order valence-corrected chi connectivity index (χ3v) is 4.73. The number of aryl methyl sites for hydroxylation is 2. The Labute approximate surface area is 129 Å². The van der Waals surface area contributed by atoms with Gasteiger partial charge in [-0.25, -0.2) is 0 Å². The van der Waals surface area contributed by atoms with E-state index in [1.54, 1.807) is 0 Å². The van der Waals surface area contributed by atoms with Gasteiger partial charge in [0, 0.05) is 11.7 Å². The number of nitrogens with one attached hydrogen (secondary N) is 1. The summed E-state index contributed by atoms with van der Waals surface area (Å²) in [6.45, 7) is 5.24. The molecule has 0 radical (unpaired) electrons. The fraction of sp³-hybridized carbons (Fsp3) is 0.353. The third-order valence-electron chi connectivity index (χ3n) is 3.75. The van der Waals surface area contributed by atoms with Crippen LogP contribution in [0.5, 0.6) is 0 Å². The first-order valence-corrected chi connectivity index (χ1v) is 8.28. The maximum atomic E-state index is 4.51. The molecule has 3 rings (SSSR count). The van der Waals surface area contributed by atoms with E-state index in [1.807, 2.05) is 30.0 Å². The molecule has 2 heterocycles. The number of rotatable bonds is 5. The van der Waals surface area contributed by atoms with Gasteiger partial charge in [0.05, 0.1) is 17.4 Å². The van der Waals surface area contributed by atoms with Crippen LogP contribution in [0.1, 0.15) is 36.3 Å². The molecule has 0 aliphatic rings. The second-order valence-corrected chi connectivity index (χ2v) is 6.32. The number of thiophene rings is 1. The summed E-state index contributed by atoms with van der Waals surface area (Å²) in [6.07, 6.45) is 1.12. The van der Waals surface area contributed by atoms with E-state index in [0.717, 1.165) is 18.7 Å². The molecule has 110 valence electrons. The van der Waals surface area contributed by atoms with Gasteiger partial charge in [-0.3, -0.25) is 4.68 Å². The number of fused-ring (bicyclic) bond motifs is 1. The van der Waals surface area contributed by atoms with Crippen molar-refractivity contribution in [2.45, 2.75) is 26.3 Å². The highest BCUT2D eigenvalue weighted by molar-refractivity contribution is 7.17. The summed E-state index contributed by atoms with van der Waals surface area (Å²) in [6, 6.07) is 11.1. The first kappa shape index (κ1) is 14.3. The Bertz CT molecular complexity index is 741. The van der Waals surface area contributed by atoms with Crippen LogP contribution >= 0.6 is 11.3 Å². The van der Waals surface area contributed by atoms with Crippen molar-refractivity contribution < 1.29 is 0 Å². The predicted octanol–water partition coefficient (Wildman–Crippen LogP) is 4.03. The van der Waals surface area contributed by atoms with Gasteiger partial charge < -0.3 is 5.32 Å². The van der Waals surface area contributed by atoms with Gasteiger partial charge in [0.25, 0.3) is 0 Å². The Balaban J connectivity index is 2.11. The fourth-order valence-electron chi connectivity index (χ4n) is 2.81. The van der Waals surface area contributed by atoms with Crippen LogP contribution in [0.3, 0.4) is 0 Å². The third kappa shape index (κ3) is 2.74. The van der Waals surface area contributed by atoms with Crippen molar-refractivity contribution in [3.63, 3.8) is 0 Å². The molecule has 0 amide bonds. The molecule has 1 unspecified atom stereocenters. The van der Waals surface area contributed by atoms with Gasteiger partial charge in [-0.1, -0.05) is 25.1 Å². The number of benzene rings is 1. The highest BCUT2D eigenvalue weighted by Crippen LogP contribution is 2.32. The molecule has 1 N–H and O–H groups in total. The maximum Gasteiger partial charge on any atom is 0.0762 e. The molecular formula is C17H21N3S. The van der Waals surface area contributed by atoms with Crippen molar-refractivity contribution in [2.75, 3.05) is 6.54 Å². The lowest BCUT2D eigenvalue weighted by atomic mass is 10.0. The predicted molar refractivity (Wildman–Crippen MR) is 89.9 cm³/mol. The summed E-state index contributed by atoms with van der Waals surface area (Å²) in [5.74, 6) is 0. The summed E-state index contributed by atoms with van der Waals surface area (Å²) < 4.78 is 3.36. The van der Waals surface area contributed by atoms with Crippen LogP contribution in [0.2, 0.25) is 0 Å². The van der Waals surface area contributed by atoms with E-state index >= 15 is 0 Å². The van der Waals surface area contributed by atoms with Gasteiger partial charge >= 0.3 is 0 Å². The van der Waals surface area contributed by atoms with Gasteiger partial charge in [0.1, 0.15) is 0 Å². The zero-order chi connectivity index (χ0) is 14.8. The van der Waals surface area contributed by atoms with E-state index in [2.05, 4.69) is 53.1 Å². The van der Waals surface area contributed by atoms with Gasteiger partial charge in [-0.2, -0.15) is 5.10 Å². The normalized spacial score (nSPS) is 12.9. The average molecular weight is 299 g/mol. The number of hydrogen-bond acceptors (Lipinski definition) is 3. The molecule has 0 aliphatic heterocycles. The van der Waals surface area contributed by atoms with Gasteiger partial charge in [0.2, 0.25) is 0 Å². The van der Waals surface area contributed by atoms with Crippen LogP contribution in [-0.2, 0) is 7.05 Å². The highest BCUT2D eigenvalue weighted by atomic mass is 32.1. The Morgan fingerprint density at radius 1 is 1.33 bits per heavy atom.